The molecule has 0 N–H and O–H groups in total. The normalized spacial score (nSPS) is 24.1. The molecule has 2 aliphatic rings. The van der Waals surface area contributed by atoms with Gasteiger partial charge in [-0.15, -0.1) is 0 Å². The van der Waals surface area contributed by atoms with E-state index < -0.39 is 38.9 Å². The van der Waals surface area contributed by atoms with Crippen LogP contribution in [-0.2, 0) is 19.4 Å². The number of ether oxygens (including phenoxy) is 3. The molecule has 2 unspecified atom stereocenters. The summed E-state index contributed by atoms with van der Waals surface area (Å²) >= 11 is 0. The second kappa shape index (κ2) is 5.12. The van der Waals surface area contributed by atoms with E-state index in [9.17, 15) is 18.0 Å². The van der Waals surface area contributed by atoms with Gasteiger partial charge in [0.05, 0.1) is 32.6 Å². The van der Waals surface area contributed by atoms with Crippen LogP contribution in [0.5, 0.6) is 11.5 Å². The summed E-state index contributed by atoms with van der Waals surface area (Å²) in [6.45, 7) is 0. The zero-order chi connectivity index (χ0) is 16.9. The Morgan fingerprint density at radius 3 is 2.48 bits per heavy atom. The molecule has 0 spiro atoms. The molecule has 23 heavy (non-hydrogen) atoms. The van der Waals surface area contributed by atoms with Crippen LogP contribution in [0.4, 0.5) is 0 Å². The molecule has 1 aromatic rings. The van der Waals surface area contributed by atoms with E-state index in [1.54, 1.807) is 0 Å². The largest absolute Gasteiger partial charge is 0.493 e. The van der Waals surface area contributed by atoms with Gasteiger partial charge in [0.1, 0.15) is 6.04 Å². The maximum atomic E-state index is 12.8. The Morgan fingerprint density at radius 1 is 1.22 bits per heavy atom. The monoisotopic (exact) mass is 341 g/mol. The van der Waals surface area contributed by atoms with Gasteiger partial charge in [-0.2, -0.15) is 0 Å². The van der Waals surface area contributed by atoms with Gasteiger partial charge in [-0.1, -0.05) is 6.07 Å². The number of nitrogens with zero attached hydrogens (tertiary/aromatic N) is 1. The Hall–Kier alpha value is -2.29. The minimum Gasteiger partial charge on any atom is -0.493 e. The van der Waals surface area contributed by atoms with Gasteiger partial charge in [0.25, 0.3) is 5.91 Å². The Morgan fingerprint density at radius 2 is 1.91 bits per heavy atom. The molecular weight excluding hydrogens is 326 g/mol. The number of methoxy groups -OCH3 is 3. The Bertz CT molecular complexity index is 802. The Labute approximate surface area is 132 Å². The summed E-state index contributed by atoms with van der Waals surface area (Å²) in [7, 11) is 0.219. The first-order valence-electron chi connectivity index (χ1n) is 6.74. The van der Waals surface area contributed by atoms with E-state index >= 15 is 0 Å². The average Bonchev–Trinajstić information content (AvgIpc) is 2.99. The maximum absolute atomic E-state index is 12.8. The molecule has 9 heteroatoms. The van der Waals surface area contributed by atoms with E-state index in [0.29, 0.717) is 11.3 Å². The summed E-state index contributed by atoms with van der Waals surface area (Å²) in [5.41, 5.74) is 0.396. The van der Waals surface area contributed by atoms with Crippen molar-refractivity contribution in [2.24, 2.45) is 0 Å². The summed E-state index contributed by atoms with van der Waals surface area (Å²) in [6.07, 6.45) is 0. The molecule has 0 bridgehead atoms. The summed E-state index contributed by atoms with van der Waals surface area (Å²) in [5.74, 6) is -1.33. The smallest absolute Gasteiger partial charge is 0.329 e. The number of esters is 1. The number of rotatable bonds is 3. The fraction of sp³-hybridized carbons (Fsp3) is 0.429. The van der Waals surface area contributed by atoms with Gasteiger partial charge < -0.3 is 19.1 Å². The van der Waals surface area contributed by atoms with Crippen LogP contribution in [-0.4, -0.2) is 58.3 Å². The number of carbonyl (C=O) groups is 2. The number of hydrogen-bond donors (Lipinski definition) is 0. The molecule has 1 fully saturated rings. The van der Waals surface area contributed by atoms with Crippen LogP contribution in [0.3, 0.4) is 0 Å². The Kier molecular flexibility index (Phi) is 3.47. The van der Waals surface area contributed by atoms with E-state index in [1.807, 2.05) is 0 Å². The predicted molar refractivity (Wildman–Crippen MR) is 78.0 cm³/mol. The second-order valence-corrected chi connectivity index (χ2v) is 7.30. The van der Waals surface area contributed by atoms with Crippen molar-refractivity contribution in [3.63, 3.8) is 0 Å². The van der Waals surface area contributed by atoms with Crippen molar-refractivity contribution in [1.29, 1.82) is 0 Å². The molecule has 0 aliphatic carbocycles. The van der Waals surface area contributed by atoms with Crippen LogP contribution >= 0.6 is 0 Å². The van der Waals surface area contributed by atoms with Crippen molar-refractivity contribution < 1.29 is 32.2 Å². The van der Waals surface area contributed by atoms with Crippen molar-refractivity contribution in [3.05, 3.63) is 23.3 Å². The van der Waals surface area contributed by atoms with Crippen LogP contribution in [0, 0.1) is 0 Å². The van der Waals surface area contributed by atoms with Crippen LogP contribution in [0.15, 0.2) is 12.1 Å². The molecule has 124 valence electrons. The van der Waals surface area contributed by atoms with E-state index in [-0.39, 0.29) is 11.3 Å². The van der Waals surface area contributed by atoms with Gasteiger partial charge in [-0.3, -0.25) is 4.79 Å². The molecule has 2 atom stereocenters. The number of hydrogen-bond acceptors (Lipinski definition) is 7. The van der Waals surface area contributed by atoms with E-state index in [4.69, 9.17) is 9.47 Å². The van der Waals surface area contributed by atoms with Crippen molar-refractivity contribution in [3.8, 4) is 11.5 Å². The van der Waals surface area contributed by atoms with Crippen LogP contribution in [0.2, 0.25) is 0 Å². The molecule has 2 heterocycles. The third-order valence-corrected chi connectivity index (χ3v) is 6.03. The summed E-state index contributed by atoms with van der Waals surface area (Å²) in [5, 5.41) is -1.20. The third-order valence-electron chi connectivity index (χ3n) is 4.08. The molecule has 1 saturated heterocycles. The van der Waals surface area contributed by atoms with Gasteiger partial charge in [0.2, 0.25) is 0 Å². The predicted octanol–water partition coefficient (Wildman–Crippen LogP) is 0.128. The van der Waals surface area contributed by atoms with Crippen molar-refractivity contribution >= 4 is 21.7 Å². The number of sulfone groups is 1. The van der Waals surface area contributed by atoms with E-state index in [2.05, 4.69) is 4.74 Å². The number of benzene rings is 1. The summed E-state index contributed by atoms with van der Waals surface area (Å²) in [4.78, 5) is 25.7. The number of fused-ring (bicyclic) bond motifs is 3. The Balaban J connectivity index is 2.23. The molecular formula is C14H15NO7S. The minimum atomic E-state index is -3.71. The van der Waals surface area contributed by atoms with Crippen LogP contribution in [0.25, 0.3) is 0 Å². The molecule has 3 rings (SSSR count). The highest BCUT2D eigenvalue weighted by Gasteiger charge is 2.57. The van der Waals surface area contributed by atoms with Crippen LogP contribution in [0.1, 0.15) is 21.3 Å². The van der Waals surface area contributed by atoms with Crippen molar-refractivity contribution in [2.45, 2.75) is 11.4 Å². The van der Waals surface area contributed by atoms with Gasteiger partial charge >= 0.3 is 5.97 Å². The molecule has 1 amide bonds. The second-order valence-electron chi connectivity index (χ2n) is 5.20. The van der Waals surface area contributed by atoms with Gasteiger partial charge in [0, 0.05) is 5.56 Å². The van der Waals surface area contributed by atoms with Crippen molar-refractivity contribution in [2.75, 3.05) is 27.1 Å². The zero-order valence-corrected chi connectivity index (χ0v) is 13.5. The number of amides is 1. The molecule has 0 radical (unpaired) electrons. The zero-order valence-electron chi connectivity index (χ0n) is 12.7. The lowest BCUT2D eigenvalue weighted by atomic mass is 10.1. The lowest BCUT2D eigenvalue weighted by molar-refractivity contribution is -0.144. The molecule has 1 aromatic carbocycles. The lowest BCUT2D eigenvalue weighted by Crippen LogP contribution is -2.40. The topological polar surface area (TPSA) is 99.2 Å². The minimum absolute atomic E-state index is 0.106. The SMILES string of the molecule is COC(=O)C1CS(=O)(=O)C2c3ccc(OC)c(OC)c3C(=O)N12. The first-order valence-corrected chi connectivity index (χ1v) is 8.45. The molecule has 0 aromatic heterocycles. The fourth-order valence-corrected chi connectivity index (χ4v) is 5.23. The summed E-state index contributed by atoms with van der Waals surface area (Å²) < 4.78 is 39.9. The molecule has 8 nitrogen and oxygen atoms in total. The highest BCUT2D eigenvalue weighted by molar-refractivity contribution is 7.92. The number of carbonyl (C=O) groups excluding carboxylic acids is 2. The highest BCUT2D eigenvalue weighted by atomic mass is 32.2. The average molecular weight is 341 g/mol. The van der Waals surface area contributed by atoms with Crippen LogP contribution < -0.4 is 9.47 Å². The summed E-state index contributed by atoms with van der Waals surface area (Å²) in [6, 6.07) is 1.89. The van der Waals surface area contributed by atoms with Gasteiger partial charge in [0.15, 0.2) is 26.7 Å². The maximum Gasteiger partial charge on any atom is 0.329 e. The van der Waals surface area contributed by atoms with Gasteiger partial charge in [-0.05, 0) is 6.07 Å². The van der Waals surface area contributed by atoms with E-state index in [1.165, 1.54) is 26.4 Å². The molecule has 0 saturated carbocycles. The molecule has 2 aliphatic heterocycles. The first kappa shape index (κ1) is 15.6. The third kappa shape index (κ3) is 1.99. The lowest BCUT2D eigenvalue weighted by Gasteiger charge is -2.20. The highest BCUT2D eigenvalue weighted by Crippen LogP contribution is 2.49. The van der Waals surface area contributed by atoms with E-state index in [0.717, 1.165) is 12.0 Å². The van der Waals surface area contributed by atoms with Crippen molar-refractivity contribution in [1.82, 2.24) is 4.90 Å². The van der Waals surface area contributed by atoms with Gasteiger partial charge in [-0.25, -0.2) is 13.2 Å². The fourth-order valence-electron chi connectivity index (χ4n) is 3.13. The quantitative estimate of drug-likeness (QED) is 0.720. The standard InChI is InChI=1S/C14H15NO7S/c1-20-9-5-4-7-10(11(9)21-2)12(16)15-8(14(17)22-3)6-23(18,19)13(7)15/h4-5,8,13H,6H2,1-3H3. The first-order chi connectivity index (χ1) is 10.9.